The monoisotopic (exact) mass is 248 g/mol. The Morgan fingerprint density at radius 1 is 0.889 bits per heavy atom. The van der Waals surface area contributed by atoms with Crippen molar-refractivity contribution in [3.8, 4) is 5.75 Å². The van der Waals surface area contributed by atoms with E-state index in [1.807, 2.05) is 0 Å². The van der Waals surface area contributed by atoms with Crippen molar-refractivity contribution in [2.75, 3.05) is 0 Å². The van der Waals surface area contributed by atoms with Crippen LogP contribution in [0.3, 0.4) is 0 Å². The average molecular weight is 248 g/mol. The number of unbranched alkanes of at least 4 members (excludes halogenated alkanes) is 4. The van der Waals surface area contributed by atoms with Crippen LogP contribution >= 0.6 is 0 Å². The highest BCUT2D eigenvalue weighted by atomic mass is 16.5. The molecule has 0 bridgehead atoms. The van der Waals surface area contributed by atoms with Crippen molar-refractivity contribution in [3.05, 3.63) is 29.8 Å². The second-order valence-electron chi connectivity index (χ2n) is 6.02. The Bertz CT molecular complexity index is 318. The third-order valence-corrected chi connectivity index (χ3v) is 2.92. The van der Waals surface area contributed by atoms with Crippen LogP contribution in [0, 0.1) is 0 Å². The van der Waals surface area contributed by atoms with Gasteiger partial charge < -0.3 is 4.74 Å². The van der Waals surface area contributed by atoms with Gasteiger partial charge in [0.15, 0.2) is 0 Å². The number of hydrogen-bond donors (Lipinski definition) is 0. The molecule has 102 valence electrons. The molecule has 0 fully saturated rings. The Morgan fingerprint density at radius 3 is 2.06 bits per heavy atom. The quantitative estimate of drug-likeness (QED) is 0.589. The highest BCUT2D eigenvalue weighted by Crippen LogP contribution is 2.19. The van der Waals surface area contributed by atoms with E-state index in [0.717, 1.165) is 5.75 Å². The van der Waals surface area contributed by atoms with Gasteiger partial charge in [-0.25, -0.2) is 0 Å². The van der Waals surface area contributed by atoms with E-state index in [4.69, 9.17) is 4.74 Å². The lowest BCUT2D eigenvalue weighted by Gasteiger charge is -2.21. The minimum absolute atomic E-state index is 0.109. The van der Waals surface area contributed by atoms with Gasteiger partial charge >= 0.3 is 0 Å². The molecule has 0 saturated carbocycles. The van der Waals surface area contributed by atoms with Gasteiger partial charge in [-0.05, 0) is 51.3 Å². The molecule has 0 radical (unpaired) electrons. The van der Waals surface area contributed by atoms with Crippen LogP contribution in [0.4, 0.5) is 0 Å². The fourth-order valence-electron chi connectivity index (χ4n) is 2.01. The molecule has 0 atom stereocenters. The zero-order chi connectivity index (χ0) is 13.4. The van der Waals surface area contributed by atoms with E-state index in [1.165, 1.54) is 44.1 Å². The molecule has 0 saturated heterocycles. The Morgan fingerprint density at radius 2 is 1.50 bits per heavy atom. The van der Waals surface area contributed by atoms with Crippen molar-refractivity contribution >= 4 is 0 Å². The van der Waals surface area contributed by atoms with Crippen LogP contribution in [0.15, 0.2) is 24.3 Å². The molecule has 1 aromatic rings. The number of aryl methyl sites for hydroxylation is 1. The van der Waals surface area contributed by atoms with Crippen LogP contribution in [0.25, 0.3) is 0 Å². The summed E-state index contributed by atoms with van der Waals surface area (Å²) < 4.78 is 5.81. The van der Waals surface area contributed by atoms with Gasteiger partial charge in [-0.1, -0.05) is 44.7 Å². The molecule has 1 aromatic carbocycles. The molecule has 0 aliphatic carbocycles. The minimum Gasteiger partial charge on any atom is -0.488 e. The molecule has 1 rings (SSSR count). The second kappa shape index (κ2) is 7.45. The number of ether oxygens (including phenoxy) is 1. The van der Waals surface area contributed by atoms with E-state index in [1.54, 1.807) is 0 Å². The normalized spacial score (nSPS) is 11.6. The minimum atomic E-state index is -0.109. The predicted molar refractivity (Wildman–Crippen MR) is 79.3 cm³/mol. The first-order valence-corrected chi connectivity index (χ1v) is 7.29. The predicted octanol–water partition coefficient (Wildman–Crippen LogP) is 5.38. The molecule has 1 nitrogen and oxygen atoms in total. The highest BCUT2D eigenvalue weighted by molar-refractivity contribution is 5.27. The summed E-state index contributed by atoms with van der Waals surface area (Å²) in [6.45, 7) is 8.49. The van der Waals surface area contributed by atoms with E-state index < -0.39 is 0 Å². The fraction of sp³-hybridized carbons (Fsp3) is 0.647. The van der Waals surface area contributed by atoms with E-state index >= 15 is 0 Å². The van der Waals surface area contributed by atoms with Crippen molar-refractivity contribution < 1.29 is 4.74 Å². The number of hydrogen-bond acceptors (Lipinski definition) is 1. The van der Waals surface area contributed by atoms with Gasteiger partial charge in [0.2, 0.25) is 0 Å². The van der Waals surface area contributed by atoms with Crippen LogP contribution in [0.2, 0.25) is 0 Å². The molecule has 0 heterocycles. The molecule has 0 aromatic heterocycles. The Labute approximate surface area is 113 Å². The smallest absolute Gasteiger partial charge is 0.120 e. The van der Waals surface area contributed by atoms with Crippen molar-refractivity contribution in [1.82, 2.24) is 0 Å². The van der Waals surface area contributed by atoms with E-state index in [9.17, 15) is 0 Å². The number of benzene rings is 1. The standard InChI is InChI=1S/C17H28O/c1-5-6-7-8-9-10-15-11-13-16(14-12-15)18-17(2,3)4/h11-14H,5-10H2,1-4H3. The van der Waals surface area contributed by atoms with Crippen molar-refractivity contribution in [2.24, 2.45) is 0 Å². The largest absolute Gasteiger partial charge is 0.488 e. The van der Waals surface area contributed by atoms with Crippen LogP contribution in [0.1, 0.15) is 65.4 Å². The fourth-order valence-corrected chi connectivity index (χ4v) is 2.01. The lowest BCUT2D eigenvalue weighted by molar-refractivity contribution is 0.131. The Hall–Kier alpha value is -0.980. The summed E-state index contributed by atoms with van der Waals surface area (Å²) in [4.78, 5) is 0. The zero-order valence-corrected chi connectivity index (χ0v) is 12.5. The Kier molecular flexibility index (Phi) is 6.24. The maximum Gasteiger partial charge on any atom is 0.120 e. The summed E-state index contributed by atoms with van der Waals surface area (Å²) in [6, 6.07) is 8.57. The zero-order valence-electron chi connectivity index (χ0n) is 12.5. The highest BCUT2D eigenvalue weighted by Gasteiger charge is 2.11. The van der Waals surface area contributed by atoms with Crippen molar-refractivity contribution in [1.29, 1.82) is 0 Å². The van der Waals surface area contributed by atoms with Crippen LogP contribution in [0.5, 0.6) is 5.75 Å². The molecule has 0 aliphatic heterocycles. The molecule has 0 N–H and O–H groups in total. The average Bonchev–Trinajstić information content (AvgIpc) is 2.29. The summed E-state index contributed by atoms with van der Waals surface area (Å²) in [5.41, 5.74) is 1.31. The second-order valence-corrected chi connectivity index (χ2v) is 6.02. The molecule has 0 aliphatic rings. The molecule has 1 heteroatoms. The third kappa shape index (κ3) is 6.68. The molecule has 18 heavy (non-hydrogen) atoms. The Balaban J connectivity index is 2.32. The van der Waals surface area contributed by atoms with Gasteiger partial charge in [0.25, 0.3) is 0 Å². The van der Waals surface area contributed by atoms with Gasteiger partial charge in [0.1, 0.15) is 11.4 Å². The lowest BCUT2D eigenvalue weighted by Crippen LogP contribution is -2.22. The topological polar surface area (TPSA) is 9.23 Å². The number of rotatable bonds is 7. The third-order valence-electron chi connectivity index (χ3n) is 2.92. The van der Waals surface area contributed by atoms with Gasteiger partial charge in [0, 0.05) is 0 Å². The first-order valence-electron chi connectivity index (χ1n) is 7.29. The van der Waals surface area contributed by atoms with E-state index in [-0.39, 0.29) is 5.60 Å². The first-order chi connectivity index (χ1) is 8.51. The van der Waals surface area contributed by atoms with Gasteiger partial charge in [0.05, 0.1) is 0 Å². The van der Waals surface area contributed by atoms with Gasteiger partial charge in [-0.3, -0.25) is 0 Å². The summed E-state index contributed by atoms with van der Waals surface area (Å²) >= 11 is 0. The lowest BCUT2D eigenvalue weighted by atomic mass is 10.1. The summed E-state index contributed by atoms with van der Waals surface area (Å²) in [5, 5.41) is 0. The van der Waals surface area contributed by atoms with Gasteiger partial charge in [-0.15, -0.1) is 0 Å². The molecular weight excluding hydrogens is 220 g/mol. The summed E-state index contributed by atoms with van der Waals surface area (Å²) in [6.07, 6.45) is 7.92. The maximum absolute atomic E-state index is 5.81. The van der Waals surface area contributed by atoms with Crippen molar-refractivity contribution in [3.63, 3.8) is 0 Å². The van der Waals surface area contributed by atoms with E-state index in [2.05, 4.69) is 52.0 Å². The molecule has 0 spiro atoms. The molecule has 0 unspecified atom stereocenters. The summed E-state index contributed by atoms with van der Waals surface area (Å²) in [7, 11) is 0. The van der Waals surface area contributed by atoms with Crippen LogP contribution in [-0.2, 0) is 6.42 Å². The van der Waals surface area contributed by atoms with Gasteiger partial charge in [-0.2, -0.15) is 0 Å². The molecular formula is C17H28O. The van der Waals surface area contributed by atoms with Crippen molar-refractivity contribution in [2.45, 2.75) is 71.8 Å². The maximum atomic E-state index is 5.81. The van der Waals surface area contributed by atoms with E-state index in [0.29, 0.717) is 0 Å². The molecule has 0 amide bonds. The first kappa shape index (κ1) is 15.1. The summed E-state index contributed by atoms with van der Waals surface area (Å²) in [5.74, 6) is 0.970. The van der Waals surface area contributed by atoms with Crippen LogP contribution in [-0.4, -0.2) is 5.60 Å². The van der Waals surface area contributed by atoms with Crippen LogP contribution < -0.4 is 4.74 Å². The SMILES string of the molecule is CCCCCCCc1ccc(OC(C)(C)C)cc1.